The molecule has 0 aromatic carbocycles. The zero-order valence-corrected chi connectivity index (χ0v) is 12.9. The third-order valence-corrected chi connectivity index (χ3v) is 5.25. The van der Waals surface area contributed by atoms with Gasteiger partial charge in [0.2, 0.25) is 0 Å². The molecule has 0 spiro atoms. The van der Waals surface area contributed by atoms with Crippen LogP contribution in [0.4, 0.5) is 5.82 Å². The Morgan fingerprint density at radius 3 is 2.90 bits per heavy atom. The highest BCUT2D eigenvalue weighted by Crippen LogP contribution is 2.28. The van der Waals surface area contributed by atoms with Gasteiger partial charge in [0.25, 0.3) is 0 Å². The number of likely N-dealkylation sites (tertiary alicyclic amines) is 1. The lowest BCUT2D eigenvalue weighted by molar-refractivity contribution is -0.903. The van der Waals surface area contributed by atoms with E-state index in [0.717, 1.165) is 23.6 Å². The first-order valence-electron chi connectivity index (χ1n) is 7.67. The Hall–Kier alpha value is -1.20. The van der Waals surface area contributed by atoms with Crippen molar-refractivity contribution in [1.29, 1.82) is 0 Å². The maximum Gasteiger partial charge on any atom is 0.138 e. The first-order valence-corrected chi connectivity index (χ1v) is 8.49. The lowest BCUT2D eigenvalue weighted by Gasteiger charge is -2.23. The number of fused-ring (bicyclic) bond motifs is 1. The summed E-state index contributed by atoms with van der Waals surface area (Å²) in [6.45, 7) is 7.04. The lowest BCUT2D eigenvalue weighted by atomic mass is 10.1. The number of nitrogens with one attached hydrogen (secondary N) is 2. The molecule has 20 heavy (non-hydrogen) atoms. The molecule has 1 aliphatic heterocycles. The minimum atomic E-state index is 0.999. The third kappa shape index (κ3) is 3.10. The zero-order chi connectivity index (χ0) is 13.8. The zero-order valence-electron chi connectivity index (χ0n) is 12.1. The smallest absolute Gasteiger partial charge is 0.138 e. The summed E-state index contributed by atoms with van der Waals surface area (Å²) in [6.07, 6.45) is 6.93. The fraction of sp³-hybridized carbons (Fsp3) is 0.600. The standard InChI is InChI=1S/C15H22N4S/c1-2-12-10-13-14(17-11-18-15(13)20-12)16-6-9-19-7-4-3-5-8-19/h10-11H,2-9H2,1H3,(H,16,17,18)/p+1. The van der Waals surface area contributed by atoms with Crippen molar-refractivity contribution in [3.63, 3.8) is 0 Å². The molecule has 3 heterocycles. The largest absolute Gasteiger partial charge is 0.364 e. The maximum atomic E-state index is 4.41. The van der Waals surface area contributed by atoms with Gasteiger partial charge in [0.1, 0.15) is 17.0 Å². The molecule has 0 saturated carbocycles. The first kappa shape index (κ1) is 13.8. The van der Waals surface area contributed by atoms with Gasteiger partial charge in [-0.2, -0.15) is 0 Å². The summed E-state index contributed by atoms with van der Waals surface area (Å²) in [4.78, 5) is 13.0. The first-order chi connectivity index (χ1) is 9.86. The fourth-order valence-electron chi connectivity index (χ4n) is 2.88. The number of rotatable bonds is 5. The summed E-state index contributed by atoms with van der Waals surface area (Å²) in [5.74, 6) is 1.00. The number of nitrogens with zero attached hydrogens (tertiary/aromatic N) is 2. The number of anilines is 1. The van der Waals surface area contributed by atoms with E-state index < -0.39 is 0 Å². The lowest BCUT2D eigenvalue weighted by Crippen LogP contribution is -3.13. The monoisotopic (exact) mass is 291 g/mol. The van der Waals surface area contributed by atoms with E-state index >= 15 is 0 Å². The van der Waals surface area contributed by atoms with Crippen LogP contribution < -0.4 is 10.2 Å². The van der Waals surface area contributed by atoms with Gasteiger partial charge in [0, 0.05) is 4.88 Å². The Balaban J connectivity index is 1.63. The van der Waals surface area contributed by atoms with Crippen molar-refractivity contribution in [3.8, 4) is 0 Å². The number of hydrogen-bond acceptors (Lipinski definition) is 4. The molecule has 0 aliphatic carbocycles. The average Bonchev–Trinajstić information content (AvgIpc) is 2.92. The molecule has 108 valence electrons. The van der Waals surface area contributed by atoms with Gasteiger partial charge in [-0.1, -0.05) is 6.92 Å². The molecule has 2 aromatic rings. The molecule has 0 atom stereocenters. The molecule has 4 nitrogen and oxygen atoms in total. The SMILES string of the molecule is CCc1cc2c(NCC[NH+]3CCCCC3)ncnc2s1. The summed E-state index contributed by atoms with van der Waals surface area (Å²) in [5, 5.41) is 4.69. The second kappa shape index (κ2) is 6.50. The Labute approximate surface area is 124 Å². The fourth-order valence-corrected chi connectivity index (χ4v) is 3.81. The third-order valence-electron chi connectivity index (χ3n) is 4.06. The van der Waals surface area contributed by atoms with Crippen LogP contribution in [0.1, 0.15) is 31.1 Å². The van der Waals surface area contributed by atoms with Crippen LogP contribution in [0.15, 0.2) is 12.4 Å². The topological polar surface area (TPSA) is 42.2 Å². The van der Waals surface area contributed by atoms with Crippen molar-refractivity contribution in [2.24, 2.45) is 0 Å². The maximum absolute atomic E-state index is 4.41. The number of aryl methyl sites for hydroxylation is 1. The van der Waals surface area contributed by atoms with Gasteiger partial charge >= 0.3 is 0 Å². The predicted octanol–water partition coefficient (Wildman–Crippen LogP) is 1.73. The van der Waals surface area contributed by atoms with Crippen molar-refractivity contribution in [3.05, 3.63) is 17.3 Å². The van der Waals surface area contributed by atoms with E-state index in [9.17, 15) is 0 Å². The summed E-state index contributed by atoms with van der Waals surface area (Å²) in [5.41, 5.74) is 0. The normalized spacial score (nSPS) is 16.6. The number of hydrogen-bond donors (Lipinski definition) is 2. The highest BCUT2D eigenvalue weighted by atomic mass is 32.1. The van der Waals surface area contributed by atoms with Crippen molar-refractivity contribution in [2.45, 2.75) is 32.6 Å². The molecule has 1 aliphatic rings. The van der Waals surface area contributed by atoms with Gasteiger partial charge in [-0.3, -0.25) is 0 Å². The van der Waals surface area contributed by atoms with E-state index in [4.69, 9.17) is 0 Å². The van der Waals surface area contributed by atoms with Crippen molar-refractivity contribution >= 4 is 27.4 Å². The Morgan fingerprint density at radius 1 is 1.25 bits per heavy atom. The van der Waals surface area contributed by atoms with Crippen LogP contribution in [-0.4, -0.2) is 36.1 Å². The molecule has 5 heteroatoms. The van der Waals surface area contributed by atoms with Crippen LogP contribution in [-0.2, 0) is 6.42 Å². The van der Waals surface area contributed by atoms with E-state index in [2.05, 4.69) is 28.3 Å². The highest BCUT2D eigenvalue weighted by molar-refractivity contribution is 7.18. The van der Waals surface area contributed by atoms with Crippen LogP contribution in [0.3, 0.4) is 0 Å². The van der Waals surface area contributed by atoms with Crippen molar-refractivity contribution in [2.75, 3.05) is 31.5 Å². The van der Waals surface area contributed by atoms with E-state index in [-0.39, 0.29) is 0 Å². The van der Waals surface area contributed by atoms with Crippen LogP contribution >= 0.6 is 11.3 Å². The minimum absolute atomic E-state index is 0.999. The molecule has 0 unspecified atom stereocenters. The van der Waals surface area contributed by atoms with E-state index in [1.807, 2.05) is 0 Å². The van der Waals surface area contributed by atoms with E-state index in [1.54, 1.807) is 22.6 Å². The molecule has 3 rings (SSSR count). The molecule has 2 aromatic heterocycles. The molecular weight excluding hydrogens is 268 g/mol. The molecule has 1 fully saturated rings. The van der Waals surface area contributed by atoms with Gasteiger partial charge in [-0.25, -0.2) is 9.97 Å². The van der Waals surface area contributed by atoms with Crippen LogP contribution in [0.2, 0.25) is 0 Å². The minimum Gasteiger partial charge on any atom is -0.364 e. The molecular formula is C15H23N4S+. The molecule has 0 radical (unpaired) electrons. The van der Waals surface area contributed by atoms with Gasteiger partial charge in [-0.15, -0.1) is 11.3 Å². The highest BCUT2D eigenvalue weighted by Gasteiger charge is 2.13. The Kier molecular flexibility index (Phi) is 4.47. The number of quaternary nitrogens is 1. The molecule has 0 bridgehead atoms. The summed E-state index contributed by atoms with van der Waals surface area (Å²) in [7, 11) is 0. The molecule has 0 amide bonds. The number of thiophene rings is 1. The second-order valence-corrected chi connectivity index (χ2v) is 6.61. The van der Waals surface area contributed by atoms with Gasteiger partial charge in [0.05, 0.1) is 31.6 Å². The average molecular weight is 291 g/mol. The number of aromatic nitrogens is 2. The van der Waals surface area contributed by atoms with Crippen LogP contribution in [0, 0.1) is 0 Å². The Morgan fingerprint density at radius 2 is 2.10 bits per heavy atom. The van der Waals surface area contributed by atoms with Crippen molar-refractivity contribution in [1.82, 2.24) is 9.97 Å². The van der Waals surface area contributed by atoms with E-state index in [0.29, 0.717) is 0 Å². The van der Waals surface area contributed by atoms with Gasteiger partial charge in [-0.05, 0) is 31.7 Å². The van der Waals surface area contributed by atoms with Crippen LogP contribution in [0.25, 0.3) is 10.2 Å². The van der Waals surface area contributed by atoms with E-state index in [1.165, 1.54) is 49.2 Å². The van der Waals surface area contributed by atoms with Crippen molar-refractivity contribution < 1.29 is 4.90 Å². The number of piperidine rings is 1. The van der Waals surface area contributed by atoms with Crippen LogP contribution in [0.5, 0.6) is 0 Å². The van der Waals surface area contributed by atoms with Gasteiger partial charge < -0.3 is 10.2 Å². The Bertz CT molecular complexity index is 560. The quantitative estimate of drug-likeness (QED) is 0.882. The molecule has 1 saturated heterocycles. The molecule has 2 N–H and O–H groups in total. The summed E-state index contributed by atoms with van der Waals surface area (Å²) in [6, 6.07) is 2.23. The van der Waals surface area contributed by atoms with Gasteiger partial charge in [0.15, 0.2) is 0 Å². The predicted molar refractivity (Wildman–Crippen MR) is 84.7 cm³/mol. The summed E-state index contributed by atoms with van der Waals surface area (Å²) >= 11 is 1.78. The second-order valence-electron chi connectivity index (χ2n) is 5.49. The summed E-state index contributed by atoms with van der Waals surface area (Å²) < 4.78 is 0.